The van der Waals surface area contributed by atoms with E-state index in [-0.39, 0.29) is 23.7 Å². The minimum absolute atomic E-state index is 0.108. The lowest BCUT2D eigenvalue weighted by Crippen LogP contribution is -2.27. The number of pyridine rings is 3. The molecule has 1 aliphatic heterocycles. The van der Waals surface area contributed by atoms with Gasteiger partial charge in [0.05, 0.1) is 17.2 Å². The largest absolute Gasteiger partial charge is 0.484 e. The molecule has 4 rings (SSSR count). The van der Waals surface area contributed by atoms with Crippen LogP contribution in [0.1, 0.15) is 28.5 Å². The van der Waals surface area contributed by atoms with Crippen LogP contribution < -0.4 is 15.6 Å². The van der Waals surface area contributed by atoms with Crippen LogP contribution in [0.4, 0.5) is 4.39 Å². The lowest BCUT2D eigenvalue weighted by atomic mass is 10.1. The number of halogens is 1. The zero-order valence-corrected chi connectivity index (χ0v) is 17.4. The van der Waals surface area contributed by atoms with Crippen molar-refractivity contribution in [1.82, 2.24) is 25.2 Å². The molecule has 9 heteroatoms. The fraction of sp³-hybridized carbons (Fsp3) is 0.364. The van der Waals surface area contributed by atoms with Crippen molar-refractivity contribution >= 4 is 16.9 Å². The fourth-order valence-corrected chi connectivity index (χ4v) is 3.71. The van der Waals surface area contributed by atoms with E-state index in [0.717, 1.165) is 11.1 Å². The highest BCUT2D eigenvalue weighted by Crippen LogP contribution is 2.22. The molecule has 162 valence electrons. The zero-order valence-electron chi connectivity index (χ0n) is 17.4. The number of aromatic amines is 1. The second kappa shape index (κ2) is 8.81. The Labute approximate surface area is 178 Å². The van der Waals surface area contributed by atoms with E-state index in [0.29, 0.717) is 36.3 Å². The van der Waals surface area contributed by atoms with E-state index in [1.807, 2.05) is 17.9 Å². The molecule has 0 spiro atoms. The average Bonchev–Trinajstić information content (AvgIpc) is 3.11. The second-order valence-corrected chi connectivity index (χ2v) is 7.58. The van der Waals surface area contributed by atoms with Crippen molar-refractivity contribution < 1.29 is 13.9 Å². The van der Waals surface area contributed by atoms with Crippen LogP contribution in [0.3, 0.4) is 0 Å². The van der Waals surface area contributed by atoms with Crippen LogP contribution in [0.2, 0.25) is 0 Å². The van der Waals surface area contributed by atoms with Crippen LogP contribution in [0.5, 0.6) is 5.75 Å². The highest BCUT2D eigenvalue weighted by Gasteiger charge is 2.34. The van der Waals surface area contributed by atoms with Crippen molar-refractivity contribution in [2.24, 2.45) is 0 Å². The third kappa shape index (κ3) is 4.56. The number of fused-ring (bicyclic) bond motifs is 1. The molecule has 0 unspecified atom stereocenters. The van der Waals surface area contributed by atoms with Gasteiger partial charge < -0.3 is 15.0 Å². The van der Waals surface area contributed by atoms with E-state index in [4.69, 9.17) is 4.74 Å². The maximum Gasteiger partial charge on any atom is 0.269 e. The number of alkyl halides is 1. The first-order chi connectivity index (χ1) is 15.0. The smallest absolute Gasteiger partial charge is 0.269 e. The quantitative estimate of drug-likeness (QED) is 0.625. The van der Waals surface area contributed by atoms with Gasteiger partial charge in [0.15, 0.2) is 6.17 Å². The van der Waals surface area contributed by atoms with Gasteiger partial charge in [0.1, 0.15) is 17.5 Å². The summed E-state index contributed by atoms with van der Waals surface area (Å²) in [5.41, 5.74) is 3.16. The number of hydrogen-bond donors (Lipinski definition) is 2. The highest BCUT2D eigenvalue weighted by molar-refractivity contribution is 5.91. The maximum absolute atomic E-state index is 14.6. The monoisotopic (exact) mass is 425 g/mol. The molecule has 1 fully saturated rings. The summed E-state index contributed by atoms with van der Waals surface area (Å²) in [6.07, 6.45) is 2.04. The van der Waals surface area contributed by atoms with Crippen molar-refractivity contribution in [3.8, 4) is 5.75 Å². The number of likely N-dealkylation sites (tertiary alicyclic amines) is 1. The van der Waals surface area contributed by atoms with Crippen molar-refractivity contribution in [2.45, 2.75) is 32.2 Å². The van der Waals surface area contributed by atoms with Crippen LogP contribution in [0.25, 0.3) is 11.0 Å². The van der Waals surface area contributed by atoms with Gasteiger partial charge in [-0.15, -0.1) is 0 Å². The van der Waals surface area contributed by atoms with Crippen LogP contribution in [-0.4, -0.2) is 58.2 Å². The zero-order chi connectivity index (χ0) is 22.0. The summed E-state index contributed by atoms with van der Waals surface area (Å²) in [7, 11) is 1.53. The van der Waals surface area contributed by atoms with Crippen LogP contribution in [-0.2, 0) is 13.0 Å². The van der Waals surface area contributed by atoms with Crippen LogP contribution >= 0.6 is 0 Å². The normalized spacial score (nSPS) is 18.9. The summed E-state index contributed by atoms with van der Waals surface area (Å²) in [6.45, 7) is 3.06. The van der Waals surface area contributed by atoms with Gasteiger partial charge in [-0.25, -0.2) is 9.37 Å². The predicted octanol–water partition coefficient (Wildman–Crippen LogP) is 1.84. The number of ether oxygens (including phenoxy) is 1. The standard InChI is InChI=1S/C22H24FN5O3/c1-3-14-7-18-19(27-21(14)29)6-13(8-25-18)10-28-11-16(23)20(12-28)31-15-4-5-17(26-9-15)22(30)24-2/h4-9,16,20H,3,10-12H2,1-2H3,(H,24,30)(H,27,29)/t16-,20-/m0/s1. The average molecular weight is 425 g/mol. The second-order valence-electron chi connectivity index (χ2n) is 7.58. The van der Waals surface area contributed by atoms with Crippen molar-refractivity contribution in [3.63, 3.8) is 0 Å². The molecule has 3 aromatic rings. The van der Waals surface area contributed by atoms with Gasteiger partial charge >= 0.3 is 0 Å². The number of nitrogens with zero attached hydrogens (tertiary/aromatic N) is 3. The molecule has 1 saturated heterocycles. The predicted molar refractivity (Wildman–Crippen MR) is 114 cm³/mol. The molecule has 8 nitrogen and oxygen atoms in total. The minimum Gasteiger partial charge on any atom is -0.484 e. The Bertz CT molecular complexity index is 1150. The summed E-state index contributed by atoms with van der Waals surface area (Å²) in [5, 5.41) is 2.50. The van der Waals surface area contributed by atoms with Gasteiger partial charge in [-0.2, -0.15) is 0 Å². The summed E-state index contributed by atoms with van der Waals surface area (Å²) in [6, 6.07) is 6.84. The Hall–Kier alpha value is -3.33. The number of H-pyrrole nitrogens is 1. The highest BCUT2D eigenvalue weighted by atomic mass is 19.1. The fourth-order valence-electron chi connectivity index (χ4n) is 3.71. The molecule has 0 aromatic carbocycles. The molecular weight excluding hydrogens is 401 g/mol. The molecule has 1 aliphatic rings. The summed E-state index contributed by atoms with van der Waals surface area (Å²) < 4.78 is 20.3. The first-order valence-electron chi connectivity index (χ1n) is 10.2. The van der Waals surface area contributed by atoms with E-state index in [2.05, 4.69) is 20.3 Å². The third-order valence-corrected chi connectivity index (χ3v) is 5.37. The number of rotatable bonds is 6. The lowest BCUT2D eigenvalue weighted by molar-refractivity contribution is 0.0957. The Balaban J connectivity index is 1.41. The Morgan fingerprint density at radius 3 is 2.84 bits per heavy atom. The van der Waals surface area contributed by atoms with E-state index in [9.17, 15) is 14.0 Å². The number of amides is 1. The molecule has 3 aromatic heterocycles. The van der Waals surface area contributed by atoms with Gasteiger partial charge in [-0.3, -0.25) is 19.5 Å². The van der Waals surface area contributed by atoms with Gasteiger partial charge in [0.25, 0.3) is 11.5 Å². The Morgan fingerprint density at radius 1 is 1.29 bits per heavy atom. The van der Waals surface area contributed by atoms with Crippen LogP contribution in [0.15, 0.2) is 41.5 Å². The van der Waals surface area contributed by atoms with E-state index in [1.54, 1.807) is 24.4 Å². The van der Waals surface area contributed by atoms with Gasteiger partial charge in [0, 0.05) is 38.4 Å². The number of carbonyl (C=O) groups excluding carboxylic acids is 1. The lowest BCUT2D eigenvalue weighted by Gasteiger charge is -2.17. The molecule has 0 saturated carbocycles. The van der Waals surface area contributed by atoms with Gasteiger partial charge in [0.2, 0.25) is 0 Å². The van der Waals surface area contributed by atoms with Crippen LogP contribution in [0, 0.1) is 0 Å². The van der Waals surface area contributed by atoms with E-state index >= 15 is 0 Å². The molecule has 0 aliphatic carbocycles. The van der Waals surface area contributed by atoms with Gasteiger partial charge in [-0.1, -0.05) is 6.92 Å². The first-order valence-corrected chi connectivity index (χ1v) is 10.2. The molecule has 4 heterocycles. The van der Waals surface area contributed by atoms with Crippen molar-refractivity contribution in [2.75, 3.05) is 20.1 Å². The molecular formula is C22H24FN5O3. The van der Waals surface area contributed by atoms with E-state index in [1.165, 1.54) is 13.2 Å². The number of aromatic nitrogens is 3. The van der Waals surface area contributed by atoms with E-state index < -0.39 is 12.3 Å². The number of aryl methyl sites for hydroxylation is 1. The number of nitrogens with one attached hydrogen (secondary N) is 2. The Morgan fingerprint density at radius 2 is 2.13 bits per heavy atom. The van der Waals surface area contributed by atoms with Gasteiger partial charge in [-0.05, 0) is 36.2 Å². The summed E-state index contributed by atoms with van der Waals surface area (Å²) >= 11 is 0. The SMILES string of the molecule is CCc1cc2ncc(CN3C[C@H](Oc4ccc(C(=O)NC)nc4)[C@@H](F)C3)cc2[nH]c1=O. The topological polar surface area (TPSA) is 100 Å². The molecule has 0 bridgehead atoms. The molecule has 1 amide bonds. The molecule has 31 heavy (non-hydrogen) atoms. The molecule has 2 atom stereocenters. The van der Waals surface area contributed by atoms with Crippen molar-refractivity contribution in [3.05, 3.63) is 63.8 Å². The number of hydrogen-bond acceptors (Lipinski definition) is 6. The molecule has 0 radical (unpaired) electrons. The maximum atomic E-state index is 14.6. The summed E-state index contributed by atoms with van der Waals surface area (Å²) in [5.74, 6) is 0.122. The Kier molecular flexibility index (Phi) is 5.94. The number of carbonyl (C=O) groups is 1. The minimum atomic E-state index is -1.15. The van der Waals surface area contributed by atoms with Crippen molar-refractivity contribution in [1.29, 1.82) is 0 Å². The summed E-state index contributed by atoms with van der Waals surface area (Å²) in [4.78, 5) is 36.9. The third-order valence-electron chi connectivity index (χ3n) is 5.37. The molecule has 2 N–H and O–H groups in total. The first kappa shape index (κ1) is 20.9.